The molecule has 0 aromatic heterocycles. The predicted octanol–water partition coefficient (Wildman–Crippen LogP) is 11.1. The van der Waals surface area contributed by atoms with Gasteiger partial charge in [0, 0.05) is 72.6 Å². The second-order valence-corrected chi connectivity index (χ2v) is 14.3. The zero-order valence-corrected chi connectivity index (χ0v) is 32.0. The Bertz CT molecular complexity index is 2200. The average molecular weight is 749 g/mol. The largest absolute Gasteiger partial charge is 0.393 e. The molecule has 2 N–H and O–H groups in total. The van der Waals surface area contributed by atoms with Crippen molar-refractivity contribution in [2.24, 2.45) is 40.4 Å². The molecule has 4 nitrogen and oxygen atoms in total. The first-order chi connectivity index (χ1) is 26.2. The molecule has 54 heavy (non-hydrogen) atoms. The van der Waals surface area contributed by atoms with Crippen LogP contribution in [0.4, 0.5) is 0 Å². The molecule has 3 saturated carbocycles. The van der Waals surface area contributed by atoms with Gasteiger partial charge in [0.1, 0.15) is 0 Å². The molecular weight excluding hydrogens is 665 g/mol. The highest BCUT2D eigenvalue weighted by Gasteiger charge is 2.59. The third-order valence-electron chi connectivity index (χ3n) is 11.3. The van der Waals surface area contributed by atoms with Crippen LogP contribution in [0.25, 0.3) is 0 Å². The monoisotopic (exact) mass is 749 g/mol. The van der Waals surface area contributed by atoms with Gasteiger partial charge in [0.25, 0.3) is 0 Å². The third-order valence-corrected chi connectivity index (χ3v) is 11.3. The smallest absolute Gasteiger partial charge is 0.0577 e. The number of allylic oxidation sites excluding steroid dienone is 1. The normalized spacial score (nSPS) is 26.3. The molecule has 0 bridgehead atoms. The maximum atomic E-state index is 10.2. The first-order valence-electron chi connectivity index (χ1n) is 18.3. The van der Waals surface area contributed by atoms with E-state index in [1.165, 1.54) is 44.9 Å². The molecule has 0 aromatic carbocycles. The minimum atomic E-state index is -0.156. The Morgan fingerprint density at radius 2 is 1.19 bits per heavy atom. The van der Waals surface area contributed by atoms with Crippen LogP contribution in [0.3, 0.4) is 0 Å². The molecule has 3 fully saturated rings. The van der Waals surface area contributed by atoms with E-state index in [4.69, 9.17) is 16.4 Å². The van der Waals surface area contributed by atoms with Gasteiger partial charge in [-0.3, -0.25) is 0 Å². The lowest BCUT2D eigenvalue weighted by molar-refractivity contribution is -0.0577. The predicted molar refractivity (Wildman–Crippen MR) is 258 cm³/mol. The van der Waals surface area contributed by atoms with Crippen molar-refractivity contribution in [1.82, 2.24) is 0 Å². The topological polar surface area (TPSA) is 74.6 Å². The molecule has 308 valence electrons. The van der Waals surface area contributed by atoms with Crippen molar-refractivity contribution in [3.63, 3.8) is 0 Å². The molecule has 0 aliphatic heterocycles. The number of hydrogen-bond acceptors (Lipinski definition) is 4. The number of terminal acetylenes is 1. The van der Waals surface area contributed by atoms with Gasteiger partial charge in [-0.15, -0.1) is 6.42 Å². The van der Waals surface area contributed by atoms with Gasteiger partial charge in [-0.2, -0.15) is 0 Å². The molecule has 0 saturated heterocycles. The molecular formula is C50H84O4. The first kappa shape index (κ1) is 44.1. The molecule has 4 aliphatic rings. The summed E-state index contributed by atoms with van der Waals surface area (Å²) >= 11 is 0. The summed E-state index contributed by atoms with van der Waals surface area (Å²) in [6, 6.07) is 0. The lowest BCUT2D eigenvalue weighted by Gasteiger charge is -2.58. The van der Waals surface area contributed by atoms with Gasteiger partial charge in [0.05, 0.1) is 12.2 Å². The minimum Gasteiger partial charge on any atom is -0.393 e. The summed E-state index contributed by atoms with van der Waals surface area (Å²) in [5, 5.41) is 19.9. The summed E-state index contributed by atoms with van der Waals surface area (Å²) in [6.45, 7) is 11.2. The van der Waals surface area contributed by atoms with Crippen molar-refractivity contribution >= 4 is 0 Å². The summed E-state index contributed by atoms with van der Waals surface area (Å²) in [6.07, 6.45) is 19.3. The van der Waals surface area contributed by atoms with E-state index in [-0.39, 0.29) is 39.3 Å². The Balaban J connectivity index is -0.0000000401. The quantitative estimate of drug-likeness (QED) is 0.222. The Labute approximate surface area is 353 Å². The molecule has 0 spiro atoms. The number of rotatable bonds is 4. The van der Waals surface area contributed by atoms with Crippen molar-refractivity contribution in [3.8, 4) is 143 Å². The van der Waals surface area contributed by atoms with Crippen molar-refractivity contribution in [3.05, 3.63) is 21.6 Å². The second-order valence-electron chi connectivity index (χ2n) is 14.3. The summed E-state index contributed by atoms with van der Waals surface area (Å²) in [5.74, 6) is 61.1. The fourth-order valence-corrected chi connectivity index (χ4v) is 9.01. The molecule has 1 unspecified atom stereocenters. The molecule has 4 aliphatic carbocycles. The van der Waals surface area contributed by atoms with Gasteiger partial charge in [0.15, 0.2) is 0 Å². The number of fused-ring (bicyclic) bond motifs is 5. The summed E-state index contributed by atoms with van der Waals surface area (Å²) in [5.41, 5.74) is 2.46. The van der Waals surface area contributed by atoms with Gasteiger partial charge in [-0.25, -0.2) is 0 Å². The van der Waals surface area contributed by atoms with Crippen molar-refractivity contribution in [2.45, 2.75) is 111 Å². The van der Waals surface area contributed by atoms with Gasteiger partial charge in [0.2, 0.25) is 0 Å². The van der Waals surface area contributed by atoms with Crippen molar-refractivity contribution in [2.75, 3.05) is 0 Å². The Morgan fingerprint density at radius 1 is 0.704 bits per heavy atom. The highest BCUT2D eigenvalue weighted by Crippen LogP contribution is 2.67. The zero-order chi connectivity index (χ0) is 39.7. The fraction of sp³-hybridized carbons (Fsp3) is 0.480. The maximum Gasteiger partial charge on any atom is 0.0577 e. The van der Waals surface area contributed by atoms with E-state index < -0.39 is 0 Å². The lowest BCUT2D eigenvalue weighted by atomic mass is 9.47. The maximum absolute atomic E-state index is 10.2. The summed E-state index contributed by atoms with van der Waals surface area (Å²) in [4.78, 5) is 14.0. The van der Waals surface area contributed by atoms with E-state index in [9.17, 15) is 10.2 Å². The van der Waals surface area contributed by atoms with Crippen LogP contribution in [0, 0.1) is 193 Å². The highest BCUT2D eigenvalue weighted by atomic mass is 16.7. The van der Waals surface area contributed by atoms with Gasteiger partial charge < -0.3 is 10.2 Å². The number of hydrogen-bond donors (Lipinski definition) is 2. The summed E-state index contributed by atoms with van der Waals surface area (Å²) in [7, 11) is 0. The zero-order valence-electron chi connectivity index (χ0n) is 32.0. The van der Waals surface area contributed by atoms with Crippen LogP contribution in [-0.4, -0.2) is 22.4 Å². The van der Waals surface area contributed by atoms with E-state index >= 15 is 0 Å². The van der Waals surface area contributed by atoms with Crippen LogP contribution >= 0.6 is 0 Å². The lowest BCUT2D eigenvalue weighted by Crippen LogP contribution is -2.50. The van der Waals surface area contributed by atoms with Gasteiger partial charge in [-0.05, 0) is 213 Å². The standard InChI is InChI=1S/C25H42O2.C25H4.O2.19H2/c1-16(5-6-17(2)26)21-9-10-22-20-8-7-18-15-19(27)11-13-24(18,3)23(20)12-14-25(21,22)4;1-3-5-7-9-11-13-15-17-19-21-23-25-24-22-20-18-16-14-12-10-8-6-4-2;1-2;;;;;;;;;;;;;;;;;;;/h7,16-17,19-23,26-27H,5-6,8-15H2,1-4H3;1H,2H3;;19*1H/t16-,17?,19+,20+,21-,22+,23+,24+,25-;;;;;;;;;;;;;;;;;;;;;/m1...................../s1. The van der Waals surface area contributed by atoms with Gasteiger partial charge >= 0.3 is 0 Å². The van der Waals surface area contributed by atoms with Crippen LogP contribution in [-0.2, 0) is 0 Å². The van der Waals surface area contributed by atoms with E-state index in [0.717, 1.165) is 48.9 Å². The van der Waals surface area contributed by atoms with Crippen LogP contribution < -0.4 is 0 Å². The molecule has 4 heteroatoms. The molecule has 4 rings (SSSR count). The molecule has 0 radical (unpaired) electrons. The van der Waals surface area contributed by atoms with Crippen LogP contribution in [0.2, 0.25) is 0 Å². The third kappa shape index (κ3) is 13.5. The second kappa shape index (κ2) is 24.3. The SMILES string of the molecule is C#CC#CC#CC#CC#CC#CC#CC#CC#CC#CC#CC#CC.CC(O)CC[C@@H](C)[C@H]1CC[C@H]2[C@@H]3CC=C4C[C@@H](O)CC[C@]4(C)[C@H]3CC[C@]12C.O=O.[HH].[HH].[HH].[HH].[HH].[HH].[HH].[HH].[HH].[HH].[HH].[HH].[HH].[HH].[HH].[HH].[HH].[HH].[HH]. The molecule has 9 atom stereocenters. The van der Waals surface area contributed by atoms with E-state index in [2.05, 4.69) is 163 Å². The first-order valence-corrected chi connectivity index (χ1v) is 18.3. The summed E-state index contributed by atoms with van der Waals surface area (Å²) < 4.78 is 0. The Kier molecular flexibility index (Phi) is 19.8. The van der Waals surface area contributed by atoms with Gasteiger partial charge in [-0.1, -0.05) is 38.3 Å². The molecule has 0 heterocycles. The molecule has 0 aromatic rings. The van der Waals surface area contributed by atoms with Crippen LogP contribution in [0.1, 0.15) is 126 Å². The van der Waals surface area contributed by atoms with E-state index in [0.29, 0.717) is 10.8 Å². The fourth-order valence-electron chi connectivity index (χ4n) is 9.01. The van der Waals surface area contributed by atoms with Crippen LogP contribution in [0.15, 0.2) is 11.6 Å². The number of aliphatic hydroxyl groups is 2. The Hall–Kier alpha value is -6.02. The minimum absolute atomic E-state index is 0. The van der Waals surface area contributed by atoms with Crippen LogP contribution in [0.5, 0.6) is 0 Å². The van der Waals surface area contributed by atoms with Crippen molar-refractivity contribution < 1.29 is 37.3 Å². The molecule has 0 amide bonds. The Morgan fingerprint density at radius 3 is 1.65 bits per heavy atom. The average Bonchev–Trinajstić information content (AvgIpc) is 3.53. The van der Waals surface area contributed by atoms with E-state index in [1.807, 2.05) is 6.92 Å². The van der Waals surface area contributed by atoms with Crippen molar-refractivity contribution in [1.29, 1.82) is 0 Å². The number of aliphatic hydroxyl groups excluding tert-OH is 2. The highest BCUT2D eigenvalue weighted by molar-refractivity contribution is 5.47. The van der Waals surface area contributed by atoms with E-state index in [1.54, 1.807) is 12.5 Å².